The molecule has 2 atom stereocenters. The lowest BCUT2D eigenvalue weighted by Crippen LogP contribution is -2.35. The van der Waals surface area contributed by atoms with Crippen LogP contribution in [0.4, 0.5) is 0 Å². The number of aromatic nitrogens is 2. The van der Waals surface area contributed by atoms with Gasteiger partial charge in [-0.25, -0.2) is 0 Å². The normalized spacial score (nSPS) is 15.2. The first kappa shape index (κ1) is 14.2. The highest BCUT2D eigenvalue weighted by Crippen LogP contribution is 2.20. The van der Waals surface area contributed by atoms with Crippen molar-refractivity contribution in [3.05, 3.63) is 17.5 Å². The van der Waals surface area contributed by atoms with Gasteiger partial charge in [-0.3, -0.25) is 4.68 Å². The molecule has 0 spiro atoms. The minimum absolute atomic E-state index is 0.374. The maximum Gasteiger partial charge on any atom is 0.0641 e. The first-order chi connectivity index (χ1) is 7.99. The van der Waals surface area contributed by atoms with Gasteiger partial charge in [0.05, 0.1) is 5.69 Å². The lowest BCUT2D eigenvalue weighted by molar-refractivity contribution is 0.330. The molecule has 0 saturated carbocycles. The molecule has 0 radical (unpaired) electrons. The van der Waals surface area contributed by atoms with Gasteiger partial charge in [0.1, 0.15) is 0 Å². The maximum absolute atomic E-state index is 4.40. The summed E-state index contributed by atoms with van der Waals surface area (Å²) in [7, 11) is 1.98. The molecule has 2 unspecified atom stereocenters. The third kappa shape index (κ3) is 3.56. The van der Waals surface area contributed by atoms with Crippen molar-refractivity contribution in [3.8, 4) is 0 Å². The largest absolute Gasteiger partial charge is 0.307 e. The van der Waals surface area contributed by atoms with Crippen LogP contribution in [0.15, 0.2) is 6.20 Å². The predicted octanol–water partition coefficient (Wildman–Crippen LogP) is 3.20. The summed E-state index contributed by atoms with van der Waals surface area (Å²) in [6.07, 6.45) is 4.60. The summed E-state index contributed by atoms with van der Waals surface area (Å²) < 4.78 is 1.89. The van der Waals surface area contributed by atoms with Gasteiger partial charge in [-0.05, 0) is 26.7 Å². The Morgan fingerprint density at radius 3 is 2.29 bits per heavy atom. The number of hydrogen-bond acceptors (Lipinski definition) is 2. The van der Waals surface area contributed by atoms with E-state index in [0.717, 1.165) is 11.6 Å². The molecule has 0 bridgehead atoms. The average molecular weight is 237 g/mol. The molecule has 0 saturated heterocycles. The van der Waals surface area contributed by atoms with Crippen molar-refractivity contribution >= 4 is 0 Å². The second-order valence-electron chi connectivity index (χ2n) is 5.10. The molecule has 1 rings (SSSR count). The van der Waals surface area contributed by atoms with Crippen LogP contribution in [0, 0.1) is 12.8 Å². The monoisotopic (exact) mass is 237 g/mol. The van der Waals surface area contributed by atoms with E-state index in [0.29, 0.717) is 12.1 Å². The van der Waals surface area contributed by atoms with E-state index in [2.05, 4.69) is 51.2 Å². The van der Waals surface area contributed by atoms with E-state index >= 15 is 0 Å². The number of nitrogens with one attached hydrogen (secondary N) is 1. The molecule has 1 heterocycles. The van der Waals surface area contributed by atoms with E-state index in [1.807, 2.05) is 11.7 Å². The zero-order valence-electron chi connectivity index (χ0n) is 12.1. The summed E-state index contributed by atoms with van der Waals surface area (Å²) in [6, 6.07) is 0.930. The Labute approximate surface area is 106 Å². The zero-order chi connectivity index (χ0) is 13.0. The summed E-state index contributed by atoms with van der Waals surface area (Å²) in [5, 5.41) is 8.10. The van der Waals surface area contributed by atoms with Crippen molar-refractivity contribution in [3.63, 3.8) is 0 Å². The Morgan fingerprint density at radius 2 is 1.88 bits per heavy atom. The summed E-state index contributed by atoms with van der Waals surface area (Å²) in [6.45, 7) is 11.1. The highest BCUT2D eigenvalue weighted by Gasteiger charge is 2.18. The molecule has 0 aliphatic rings. The number of nitrogens with zero attached hydrogens (tertiary/aromatic N) is 2. The second-order valence-corrected chi connectivity index (χ2v) is 5.10. The smallest absolute Gasteiger partial charge is 0.0641 e. The lowest BCUT2D eigenvalue weighted by atomic mass is 9.94. The predicted molar refractivity (Wildman–Crippen MR) is 73.0 cm³/mol. The van der Waals surface area contributed by atoms with Gasteiger partial charge < -0.3 is 5.32 Å². The average Bonchev–Trinajstić information content (AvgIpc) is 2.59. The van der Waals surface area contributed by atoms with Crippen molar-refractivity contribution < 1.29 is 0 Å². The van der Waals surface area contributed by atoms with Crippen molar-refractivity contribution in [2.75, 3.05) is 0 Å². The van der Waals surface area contributed by atoms with E-state index < -0.39 is 0 Å². The minimum atomic E-state index is 0.374. The SMILES string of the molecule is CCC(CC)C(C)NC(C)c1cn(C)nc1C. The fourth-order valence-electron chi connectivity index (χ4n) is 2.66. The van der Waals surface area contributed by atoms with Crippen LogP contribution in [-0.4, -0.2) is 15.8 Å². The van der Waals surface area contributed by atoms with Crippen molar-refractivity contribution in [2.45, 2.75) is 59.5 Å². The Kier molecular flexibility index (Phi) is 5.19. The second kappa shape index (κ2) is 6.20. The molecule has 1 N–H and O–H groups in total. The van der Waals surface area contributed by atoms with E-state index in [-0.39, 0.29) is 0 Å². The van der Waals surface area contributed by atoms with Gasteiger partial charge in [0, 0.05) is 30.9 Å². The molecule has 0 amide bonds. The fraction of sp³-hybridized carbons (Fsp3) is 0.786. The topological polar surface area (TPSA) is 29.9 Å². The summed E-state index contributed by atoms with van der Waals surface area (Å²) in [5.74, 6) is 0.759. The van der Waals surface area contributed by atoms with Crippen LogP contribution < -0.4 is 5.32 Å². The first-order valence-corrected chi connectivity index (χ1v) is 6.75. The molecule has 0 aromatic carbocycles. The number of rotatable bonds is 6. The number of hydrogen-bond donors (Lipinski definition) is 1. The quantitative estimate of drug-likeness (QED) is 0.823. The Balaban J connectivity index is 2.65. The Hall–Kier alpha value is -0.830. The molecule has 0 aliphatic heterocycles. The first-order valence-electron chi connectivity index (χ1n) is 6.75. The van der Waals surface area contributed by atoms with E-state index in [1.165, 1.54) is 18.4 Å². The molecular formula is C14H27N3. The van der Waals surface area contributed by atoms with Gasteiger partial charge in [0.2, 0.25) is 0 Å². The molecule has 1 aromatic heterocycles. The summed E-state index contributed by atoms with van der Waals surface area (Å²) >= 11 is 0. The molecule has 3 heteroatoms. The fourth-order valence-corrected chi connectivity index (χ4v) is 2.66. The van der Waals surface area contributed by atoms with Crippen LogP contribution >= 0.6 is 0 Å². The van der Waals surface area contributed by atoms with Crippen LogP contribution in [0.5, 0.6) is 0 Å². The van der Waals surface area contributed by atoms with Gasteiger partial charge in [-0.2, -0.15) is 5.10 Å². The van der Waals surface area contributed by atoms with E-state index in [4.69, 9.17) is 0 Å². The van der Waals surface area contributed by atoms with Crippen LogP contribution in [0.2, 0.25) is 0 Å². The third-order valence-corrected chi connectivity index (χ3v) is 3.79. The summed E-state index contributed by atoms with van der Waals surface area (Å²) in [5.41, 5.74) is 2.44. The molecule has 3 nitrogen and oxygen atoms in total. The Morgan fingerprint density at radius 1 is 1.29 bits per heavy atom. The van der Waals surface area contributed by atoms with Crippen molar-refractivity contribution in [2.24, 2.45) is 13.0 Å². The third-order valence-electron chi connectivity index (χ3n) is 3.79. The van der Waals surface area contributed by atoms with Gasteiger partial charge in [-0.15, -0.1) is 0 Å². The van der Waals surface area contributed by atoms with Crippen molar-refractivity contribution in [1.29, 1.82) is 0 Å². The minimum Gasteiger partial charge on any atom is -0.307 e. The Bertz CT molecular complexity index is 339. The van der Waals surface area contributed by atoms with Gasteiger partial charge in [0.25, 0.3) is 0 Å². The zero-order valence-corrected chi connectivity index (χ0v) is 12.1. The molecular weight excluding hydrogens is 210 g/mol. The molecule has 1 aromatic rings. The highest BCUT2D eigenvalue weighted by atomic mass is 15.3. The highest BCUT2D eigenvalue weighted by molar-refractivity contribution is 5.19. The van der Waals surface area contributed by atoms with Crippen LogP contribution in [0.1, 0.15) is 57.8 Å². The standard InChI is InChI=1S/C14H27N3/c1-7-13(8-2)10(3)15-11(4)14-9-17(6)16-12(14)5/h9-11,13,15H,7-8H2,1-6H3. The molecule has 17 heavy (non-hydrogen) atoms. The number of aryl methyl sites for hydroxylation is 2. The molecule has 98 valence electrons. The van der Waals surface area contributed by atoms with Crippen LogP contribution in [-0.2, 0) is 7.05 Å². The summed E-state index contributed by atoms with van der Waals surface area (Å²) in [4.78, 5) is 0. The van der Waals surface area contributed by atoms with Crippen LogP contribution in [0.25, 0.3) is 0 Å². The molecule has 0 fully saturated rings. The van der Waals surface area contributed by atoms with Gasteiger partial charge >= 0.3 is 0 Å². The van der Waals surface area contributed by atoms with Crippen molar-refractivity contribution in [1.82, 2.24) is 15.1 Å². The van der Waals surface area contributed by atoms with Gasteiger partial charge in [-0.1, -0.05) is 26.7 Å². The van der Waals surface area contributed by atoms with E-state index in [9.17, 15) is 0 Å². The van der Waals surface area contributed by atoms with Crippen LogP contribution in [0.3, 0.4) is 0 Å². The van der Waals surface area contributed by atoms with Gasteiger partial charge in [0.15, 0.2) is 0 Å². The molecule has 0 aliphatic carbocycles. The maximum atomic E-state index is 4.40. The lowest BCUT2D eigenvalue weighted by Gasteiger charge is -2.26. The van der Waals surface area contributed by atoms with E-state index in [1.54, 1.807) is 0 Å².